The number of nitrogens with one attached hydrogen (secondary N) is 1. The number of ether oxygens (including phenoxy) is 1. The summed E-state index contributed by atoms with van der Waals surface area (Å²) in [5.74, 6) is -0.0636. The fraction of sp³-hybridized carbons (Fsp3) is 0.864. The number of aliphatic hydroxyl groups is 2. The van der Waals surface area contributed by atoms with Gasteiger partial charge in [-0.05, 0) is 64.2 Å². The van der Waals surface area contributed by atoms with Crippen LogP contribution >= 0.6 is 0 Å². The van der Waals surface area contributed by atoms with Crippen molar-refractivity contribution >= 4 is 11.9 Å². The molecule has 6 heteroatoms. The number of carbonyl (C=O) groups is 2. The van der Waals surface area contributed by atoms with Crippen molar-refractivity contribution in [2.45, 2.75) is 315 Å². The van der Waals surface area contributed by atoms with Crippen molar-refractivity contribution in [3.8, 4) is 0 Å². The topological polar surface area (TPSA) is 95.9 Å². The van der Waals surface area contributed by atoms with E-state index in [9.17, 15) is 19.8 Å². The molecule has 0 saturated heterocycles. The Morgan fingerprint density at radius 2 is 0.769 bits per heavy atom. The van der Waals surface area contributed by atoms with Crippen molar-refractivity contribution < 1.29 is 24.5 Å². The molecule has 0 rings (SSSR count). The van der Waals surface area contributed by atoms with E-state index in [-0.39, 0.29) is 18.5 Å². The second-order valence-electron chi connectivity index (χ2n) is 19.6. The predicted octanol–water partition coefficient (Wildman–Crippen LogP) is 17.6. The van der Waals surface area contributed by atoms with Crippen molar-refractivity contribution in [2.24, 2.45) is 0 Å². The molecule has 0 aromatic carbocycles. The molecule has 0 fully saturated rings. The highest BCUT2D eigenvalue weighted by molar-refractivity contribution is 5.76. The summed E-state index contributed by atoms with van der Waals surface area (Å²) in [5.41, 5.74) is 0. The zero-order chi connectivity index (χ0) is 47.2. The number of rotatable bonds is 53. The molecule has 0 aliphatic carbocycles. The maximum absolute atomic E-state index is 12.4. The zero-order valence-corrected chi connectivity index (χ0v) is 43.5. The fourth-order valence-corrected chi connectivity index (χ4v) is 8.72. The minimum Gasteiger partial charge on any atom is -0.466 e. The first-order chi connectivity index (χ1) is 32.0. The first-order valence-corrected chi connectivity index (χ1v) is 28.8. The predicted molar refractivity (Wildman–Crippen MR) is 283 cm³/mol. The molecule has 0 aromatic rings. The van der Waals surface area contributed by atoms with Crippen LogP contribution in [0.25, 0.3) is 0 Å². The average molecular weight is 915 g/mol. The highest BCUT2D eigenvalue weighted by Gasteiger charge is 2.18. The number of hydrogen-bond acceptors (Lipinski definition) is 5. The number of unbranched alkanes of at least 4 members (excludes halogenated alkanes) is 38. The van der Waals surface area contributed by atoms with Crippen molar-refractivity contribution in [3.63, 3.8) is 0 Å². The van der Waals surface area contributed by atoms with E-state index in [2.05, 4.69) is 43.5 Å². The van der Waals surface area contributed by atoms with E-state index >= 15 is 0 Å². The summed E-state index contributed by atoms with van der Waals surface area (Å²) in [6.07, 6.45) is 67.5. The molecular weight excluding hydrogens is 803 g/mol. The average Bonchev–Trinajstić information content (AvgIpc) is 3.31. The molecule has 65 heavy (non-hydrogen) atoms. The number of aliphatic hydroxyl groups excluding tert-OH is 2. The van der Waals surface area contributed by atoms with Crippen molar-refractivity contribution in [2.75, 3.05) is 13.2 Å². The second-order valence-corrected chi connectivity index (χ2v) is 19.6. The maximum Gasteiger partial charge on any atom is 0.305 e. The van der Waals surface area contributed by atoms with E-state index in [1.54, 1.807) is 6.08 Å². The van der Waals surface area contributed by atoms with Crippen LogP contribution in [0.4, 0.5) is 0 Å². The van der Waals surface area contributed by atoms with Crippen LogP contribution in [-0.2, 0) is 14.3 Å². The summed E-state index contributed by atoms with van der Waals surface area (Å²) in [5, 5.41) is 23.0. The summed E-state index contributed by atoms with van der Waals surface area (Å²) in [4.78, 5) is 24.4. The molecule has 3 N–H and O–H groups in total. The quantitative estimate of drug-likeness (QED) is 0.0321. The van der Waals surface area contributed by atoms with Crippen LogP contribution in [0, 0.1) is 0 Å². The monoisotopic (exact) mass is 914 g/mol. The molecule has 0 radical (unpaired) electrons. The lowest BCUT2D eigenvalue weighted by molar-refractivity contribution is -0.143. The molecule has 2 atom stereocenters. The van der Waals surface area contributed by atoms with Gasteiger partial charge in [-0.1, -0.05) is 262 Å². The molecule has 6 nitrogen and oxygen atoms in total. The van der Waals surface area contributed by atoms with Crippen LogP contribution in [-0.4, -0.2) is 47.4 Å². The number of esters is 1. The van der Waals surface area contributed by atoms with Gasteiger partial charge >= 0.3 is 5.97 Å². The number of amides is 1. The van der Waals surface area contributed by atoms with Crippen LogP contribution in [0.3, 0.4) is 0 Å². The van der Waals surface area contributed by atoms with Gasteiger partial charge in [0.1, 0.15) is 0 Å². The van der Waals surface area contributed by atoms with Gasteiger partial charge in [0.15, 0.2) is 0 Å². The van der Waals surface area contributed by atoms with E-state index in [0.717, 1.165) is 44.9 Å². The first kappa shape index (κ1) is 63.1. The first-order valence-electron chi connectivity index (χ1n) is 28.8. The van der Waals surface area contributed by atoms with Gasteiger partial charge in [0, 0.05) is 12.8 Å². The lowest BCUT2D eigenvalue weighted by Gasteiger charge is -2.20. The molecule has 0 aliphatic rings. The molecule has 0 spiro atoms. The van der Waals surface area contributed by atoms with E-state index in [4.69, 9.17) is 4.74 Å². The third-order valence-corrected chi connectivity index (χ3v) is 13.2. The van der Waals surface area contributed by atoms with Crippen LogP contribution in [0.5, 0.6) is 0 Å². The third-order valence-electron chi connectivity index (χ3n) is 13.2. The summed E-state index contributed by atoms with van der Waals surface area (Å²) in [7, 11) is 0. The Balaban J connectivity index is 3.42. The summed E-state index contributed by atoms with van der Waals surface area (Å²) >= 11 is 0. The Kier molecular flexibility index (Phi) is 53.1. The Morgan fingerprint density at radius 3 is 1.17 bits per heavy atom. The largest absolute Gasteiger partial charge is 0.466 e. The Hall–Kier alpha value is -1.92. The van der Waals surface area contributed by atoms with Gasteiger partial charge in [-0.2, -0.15) is 0 Å². The summed E-state index contributed by atoms with van der Waals surface area (Å²) in [6.45, 7) is 4.88. The van der Waals surface area contributed by atoms with Gasteiger partial charge in [-0.3, -0.25) is 9.59 Å². The SMILES string of the molecule is CCCCCCCCCC/C=C/C(O)C(CO)NC(=O)CCCCCCCCCCCCC/C=C\C/C=C\CCCCCCCCCCCOC(=O)CCCCCCCCCCCCC. The molecule has 0 aliphatic heterocycles. The van der Waals surface area contributed by atoms with Crippen LogP contribution in [0.1, 0.15) is 303 Å². The van der Waals surface area contributed by atoms with Gasteiger partial charge in [-0.15, -0.1) is 0 Å². The molecule has 0 bridgehead atoms. The highest BCUT2D eigenvalue weighted by atomic mass is 16.5. The summed E-state index contributed by atoms with van der Waals surface area (Å²) < 4.78 is 5.46. The minimum atomic E-state index is -0.844. The Bertz CT molecular complexity index is 1060. The molecule has 382 valence electrons. The molecule has 0 saturated carbocycles. The number of carbonyl (C=O) groups excluding carboxylic acids is 2. The smallest absolute Gasteiger partial charge is 0.305 e. The van der Waals surface area contributed by atoms with Crippen molar-refractivity contribution in [3.05, 3.63) is 36.5 Å². The van der Waals surface area contributed by atoms with Gasteiger partial charge in [0.2, 0.25) is 5.91 Å². The highest BCUT2D eigenvalue weighted by Crippen LogP contribution is 2.16. The normalized spacial score (nSPS) is 12.9. The zero-order valence-electron chi connectivity index (χ0n) is 43.5. The fourth-order valence-electron chi connectivity index (χ4n) is 8.72. The lowest BCUT2D eigenvalue weighted by Crippen LogP contribution is -2.45. The van der Waals surface area contributed by atoms with E-state index in [1.807, 2.05) is 6.08 Å². The molecule has 2 unspecified atom stereocenters. The Morgan fingerprint density at radius 1 is 0.431 bits per heavy atom. The van der Waals surface area contributed by atoms with Gasteiger partial charge in [-0.25, -0.2) is 0 Å². The van der Waals surface area contributed by atoms with Gasteiger partial charge in [0.25, 0.3) is 0 Å². The van der Waals surface area contributed by atoms with Crippen LogP contribution in [0.2, 0.25) is 0 Å². The van der Waals surface area contributed by atoms with Crippen LogP contribution in [0.15, 0.2) is 36.5 Å². The van der Waals surface area contributed by atoms with Crippen molar-refractivity contribution in [1.82, 2.24) is 5.32 Å². The van der Waals surface area contributed by atoms with Crippen molar-refractivity contribution in [1.29, 1.82) is 0 Å². The lowest BCUT2D eigenvalue weighted by atomic mass is 10.0. The molecule has 0 heterocycles. The summed E-state index contributed by atoms with van der Waals surface area (Å²) in [6, 6.07) is -0.628. The number of allylic oxidation sites excluding steroid dienone is 5. The minimum absolute atomic E-state index is 0.00949. The molecular formula is C59H111NO5. The third kappa shape index (κ3) is 51.3. The van der Waals surface area contributed by atoms with E-state index < -0.39 is 12.1 Å². The van der Waals surface area contributed by atoms with Gasteiger partial charge in [0.05, 0.1) is 25.4 Å². The van der Waals surface area contributed by atoms with E-state index in [1.165, 1.54) is 231 Å². The standard InChI is InChI=1S/C59H111NO5/c1-3-5-7-9-11-13-32-37-41-45-49-53-59(64)65-54-50-46-42-38-34-31-29-27-25-23-21-19-17-15-16-18-20-22-24-26-28-30-33-36-40-44-48-52-58(63)60-56(55-61)57(62)51-47-43-39-35-14-12-10-8-6-4-2/h15-16,19,21,47,51,56-57,61-62H,3-14,17-18,20,22-46,48-50,52-55H2,1-2H3,(H,60,63)/b16-15-,21-19-,51-47+. The van der Waals surface area contributed by atoms with E-state index in [0.29, 0.717) is 19.4 Å². The second kappa shape index (κ2) is 54.7. The maximum atomic E-state index is 12.4. The molecule has 0 aromatic heterocycles. The Labute approximate surface area is 404 Å². The van der Waals surface area contributed by atoms with Gasteiger partial charge < -0.3 is 20.3 Å². The van der Waals surface area contributed by atoms with Crippen LogP contribution < -0.4 is 5.32 Å². The number of hydrogen-bond donors (Lipinski definition) is 3. The molecule has 1 amide bonds.